The number of benzene rings is 1. The first-order valence-corrected chi connectivity index (χ1v) is 5.92. The molecule has 1 aromatic rings. The molecule has 1 rings (SSSR count). The van der Waals surface area contributed by atoms with Crippen molar-refractivity contribution in [3.8, 4) is 0 Å². The minimum absolute atomic E-state index is 0.00326. The number of carbonyl (C=O) groups is 1. The van der Waals surface area contributed by atoms with E-state index in [0.717, 1.165) is 5.56 Å². The summed E-state index contributed by atoms with van der Waals surface area (Å²) < 4.78 is 0. The van der Waals surface area contributed by atoms with Crippen LogP contribution in [0.25, 0.3) is 0 Å². The molecule has 0 fully saturated rings. The Labute approximate surface area is 106 Å². The van der Waals surface area contributed by atoms with Gasteiger partial charge >= 0.3 is 5.97 Å². The summed E-state index contributed by atoms with van der Waals surface area (Å²) in [6.07, 6.45) is -1.33. The van der Waals surface area contributed by atoms with E-state index >= 15 is 0 Å². The van der Waals surface area contributed by atoms with Crippen LogP contribution < -0.4 is 5.73 Å². The van der Waals surface area contributed by atoms with Crippen molar-refractivity contribution < 1.29 is 20.1 Å². The van der Waals surface area contributed by atoms with Gasteiger partial charge in [-0.1, -0.05) is 24.3 Å². The van der Waals surface area contributed by atoms with Gasteiger partial charge in [-0.3, -0.25) is 4.79 Å². The van der Waals surface area contributed by atoms with Gasteiger partial charge in [-0.25, -0.2) is 0 Å². The lowest BCUT2D eigenvalue weighted by Gasteiger charge is -2.20. The van der Waals surface area contributed by atoms with Crippen LogP contribution in [0.5, 0.6) is 0 Å². The average molecular weight is 253 g/mol. The van der Waals surface area contributed by atoms with E-state index in [2.05, 4.69) is 0 Å². The van der Waals surface area contributed by atoms with Crippen molar-refractivity contribution in [3.05, 3.63) is 35.4 Å². The molecule has 0 amide bonds. The number of hydrogen-bond donors (Lipinski definition) is 4. The van der Waals surface area contributed by atoms with Crippen molar-refractivity contribution in [2.45, 2.75) is 31.5 Å². The largest absolute Gasteiger partial charge is 0.481 e. The van der Waals surface area contributed by atoms with Crippen molar-refractivity contribution >= 4 is 5.97 Å². The number of nitrogens with two attached hydrogens (primary N) is 1. The van der Waals surface area contributed by atoms with E-state index in [-0.39, 0.29) is 13.0 Å². The zero-order valence-corrected chi connectivity index (χ0v) is 10.1. The van der Waals surface area contributed by atoms with Gasteiger partial charge in [-0.2, -0.15) is 0 Å². The van der Waals surface area contributed by atoms with Gasteiger partial charge in [0.05, 0.1) is 6.10 Å². The Balaban J connectivity index is 2.83. The van der Waals surface area contributed by atoms with E-state index in [4.69, 9.17) is 10.8 Å². The van der Waals surface area contributed by atoms with Gasteiger partial charge in [0.1, 0.15) is 6.10 Å². The van der Waals surface area contributed by atoms with Crippen molar-refractivity contribution in [3.63, 3.8) is 0 Å². The molecule has 5 N–H and O–H groups in total. The topological polar surface area (TPSA) is 104 Å². The lowest BCUT2D eigenvalue weighted by atomic mass is 9.94. The minimum Gasteiger partial charge on any atom is -0.481 e. The summed E-state index contributed by atoms with van der Waals surface area (Å²) in [4.78, 5) is 10.6. The molecule has 0 saturated carbocycles. The minimum atomic E-state index is -1.03. The van der Waals surface area contributed by atoms with Gasteiger partial charge in [0.15, 0.2) is 0 Å². The van der Waals surface area contributed by atoms with Crippen LogP contribution in [-0.2, 0) is 11.2 Å². The van der Waals surface area contributed by atoms with Crippen LogP contribution in [0.2, 0.25) is 0 Å². The Bertz CT molecular complexity index is 394. The highest BCUT2D eigenvalue weighted by atomic mass is 16.4. The Morgan fingerprint density at radius 2 is 1.94 bits per heavy atom. The van der Waals surface area contributed by atoms with Crippen molar-refractivity contribution in [1.82, 2.24) is 0 Å². The molecule has 18 heavy (non-hydrogen) atoms. The highest BCUT2D eigenvalue weighted by Gasteiger charge is 2.20. The average Bonchev–Trinajstić information content (AvgIpc) is 2.36. The number of rotatable bonds is 7. The molecule has 0 aromatic heterocycles. The van der Waals surface area contributed by atoms with Crippen LogP contribution in [0.4, 0.5) is 0 Å². The summed E-state index contributed by atoms with van der Waals surface area (Å²) in [6, 6.07) is 6.99. The summed E-state index contributed by atoms with van der Waals surface area (Å²) in [5.41, 5.74) is 6.64. The molecule has 0 bridgehead atoms. The molecule has 1 aromatic carbocycles. The van der Waals surface area contributed by atoms with Gasteiger partial charge in [-0.05, 0) is 30.5 Å². The Morgan fingerprint density at radius 3 is 2.56 bits per heavy atom. The number of aliphatic carboxylic acids is 1. The highest BCUT2D eigenvalue weighted by Crippen LogP contribution is 2.23. The third kappa shape index (κ3) is 4.10. The second-order valence-corrected chi connectivity index (χ2v) is 4.18. The normalized spacial score (nSPS) is 14.2. The number of carboxylic acids is 1. The van der Waals surface area contributed by atoms with E-state index in [1.165, 1.54) is 0 Å². The van der Waals surface area contributed by atoms with Crippen molar-refractivity contribution in [2.75, 3.05) is 6.54 Å². The Hall–Kier alpha value is -1.43. The summed E-state index contributed by atoms with van der Waals surface area (Å²) in [7, 11) is 0. The summed E-state index contributed by atoms with van der Waals surface area (Å²) >= 11 is 0. The lowest BCUT2D eigenvalue weighted by molar-refractivity contribution is -0.136. The fraction of sp³-hybridized carbons (Fsp3) is 0.462. The molecule has 2 unspecified atom stereocenters. The number of aliphatic hydroxyl groups excluding tert-OH is 2. The molecule has 0 aliphatic heterocycles. The molecule has 0 radical (unpaired) electrons. The quantitative estimate of drug-likeness (QED) is 0.564. The lowest BCUT2D eigenvalue weighted by Crippen LogP contribution is -2.22. The van der Waals surface area contributed by atoms with Gasteiger partial charge in [0.2, 0.25) is 0 Å². The van der Waals surface area contributed by atoms with E-state index in [1.807, 2.05) is 0 Å². The van der Waals surface area contributed by atoms with Gasteiger partial charge in [0, 0.05) is 6.42 Å². The third-order valence-corrected chi connectivity index (χ3v) is 2.81. The fourth-order valence-electron chi connectivity index (χ4n) is 1.83. The second-order valence-electron chi connectivity index (χ2n) is 4.18. The van der Waals surface area contributed by atoms with Gasteiger partial charge in [-0.15, -0.1) is 0 Å². The van der Waals surface area contributed by atoms with E-state index < -0.39 is 18.2 Å². The Kier molecular flexibility index (Phi) is 5.77. The standard InChI is InChI=1S/C13H19NO4/c14-8-7-11(15)13(18)10-4-2-1-3-9(10)5-6-12(16)17/h1-4,11,13,15,18H,5-8,14H2,(H,16,17). The van der Waals surface area contributed by atoms with Crippen LogP contribution in [-0.4, -0.2) is 33.9 Å². The van der Waals surface area contributed by atoms with Crippen molar-refractivity contribution in [2.24, 2.45) is 5.73 Å². The van der Waals surface area contributed by atoms with E-state index in [9.17, 15) is 15.0 Å². The number of hydrogen-bond acceptors (Lipinski definition) is 4. The smallest absolute Gasteiger partial charge is 0.303 e. The first-order chi connectivity index (χ1) is 8.56. The second kappa shape index (κ2) is 7.10. The van der Waals surface area contributed by atoms with E-state index in [0.29, 0.717) is 18.4 Å². The van der Waals surface area contributed by atoms with Gasteiger partial charge in [0.25, 0.3) is 0 Å². The van der Waals surface area contributed by atoms with Gasteiger partial charge < -0.3 is 21.1 Å². The molecular weight excluding hydrogens is 234 g/mol. The monoisotopic (exact) mass is 253 g/mol. The maximum Gasteiger partial charge on any atom is 0.303 e. The first-order valence-electron chi connectivity index (χ1n) is 5.92. The Morgan fingerprint density at radius 1 is 1.28 bits per heavy atom. The fourth-order valence-corrected chi connectivity index (χ4v) is 1.83. The SMILES string of the molecule is NCCC(O)C(O)c1ccccc1CCC(=O)O. The first kappa shape index (κ1) is 14.6. The molecule has 0 saturated heterocycles. The predicted octanol–water partition coefficient (Wildman–Crippen LogP) is 0.447. The maximum atomic E-state index is 10.6. The third-order valence-electron chi connectivity index (χ3n) is 2.81. The zero-order chi connectivity index (χ0) is 13.5. The molecular formula is C13H19NO4. The molecule has 100 valence electrons. The molecule has 0 spiro atoms. The molecule has 5 nitrogen and oxygen atoms in total. The number of carboxylic acid groups (broad SMARTS) is 1. The van der Waals surface area contributed by atoms with Crippen molar-refractivity contribution in [1.29, 1.82) is 0 Å². The van der Waals surface area contributed by atoms with Crippen LogP contribution in [0.15, 0.2) is 24.3 Å². The molecule has 0 aliphatic rings. The van der Waals surface area contributed by atoms with Crippen LogP contribution in [0.1, 0.15) is 30.1 Å². The summed E-state index contributed by atoms with van der Waals surface area (Å²) in [6.45, 7) is 0.287. The van der Waals surface area contributed by atoms with Crippen LogP contribution in [0.3, 0.4) is 0 Å². The maximum absolute atomic E-state index is 10.6. The zero-order valence-electron chi connectivity index (χ0n) is 10.1. The predicted molar refractivity (Wildman–Crippen MR) is 67.0 cm³/mol. The molecule has 2 atom stereocenters. The molecule has 0 heterocycles. The van der Waals surface area contributed by atoms with Crippen LogP contribution >= 0.6 is 0 Å². The van der Waals surface area contributed by atoms with E-state index in [1.54, 1.807) is 24.3 Å². The number of aryl methyl sites for hydroxylation is 1. The molecule has 5 heteroatoms. The highest BCUT2D eigenvalue weighted by molar-refractivity contribution is 5.67. The summed E-state index contributed by atoms with van der Waals surface area (Å²) in [5.74, 6) is -0.887. The number of aliphatic hydroxyl groups is 2. The molecule has 0 aliphatic carbocycles. The van der Waals surface area contributed by atoms with Crippen LogP contribution in [0, 0.1) is 0 Å². The summed E-state index contributed by atoms with van der Waals surface area (Å²) in [5, 5.41) is 28.4.